The van der Waals surface area contributed by atoms with Crippen molar-refractivity contribution in [1.82, 2.24) is 20.2 Å². The van der Waals surface area contributed by atoms with E-state index in [9.17, 15) is 4.79 Å². The van der Waals surface area contributed by atoms with Crippen molar-refractivity contribution in [2.24, 2.45) is 0 Å². The minimum absolute atomic E-state index is 0.164. The van der Waals surface area contributed by atoms with E-state index in [4.69, 9.17) is 11.6 Å². The normalized spacial score (nSPS) is 10.6. The molecule has 0 aliphatic carbocycles. The maximum atomic E-state index is 12.2. The number of amides is 1. The monoisotopic (exact) mass is 337 g/mol. The van der Waals surface area contributed by atoms with Gasteiger partial charge in [0.05, 0.1) is 0 Å². The van der Waals surface area contributed by atoms with E-state index >= 15 is 0 Å². The Labute approximate surface area is 132 Å². The molecule has 9 heteroatoms. The lowest BCUT2D eigenvalue weighted by molar-refractivity contribution is 0.103. The molecule has 0 unspecified atom stereocenters. The smallest absolute Gasteiger partial charge is 0.270 e. The van der Waals surface area contributed by atoms with Crippen LogP contribution in [0, 0.1) is 6.92 Å². The van der Waals surface area contributed by atoms with Crippen LogP contribution in [-0.4, -0.2) is 26.1 Å². The lowest BCUT2D eigenvalue weighted by atomic mass is 10.3. The molecule has 0 saturated heterocycles. The third kappa shape index (κ3) is 3.07. The van der Waals surface area contributed by atoms with Crippen molar-refractivity contribution in [1.29, 1.82) is 0 Å². The van der Waals surface area contributed by atoms with Crippen molar-refractivity contribution in [2.75, 3.05) is 5.32 Å². The van der Waals surface area contributed by atoms with E-state index in [1.54, 1.807) is 18.5 Å². The van der Waals surface area contributed by atoms with Gasteiger partial charge in [-0.25, -0.2) is 4.98 Å². The van der Waals surface area contributed by atoms with Gasteiger partial charge >= 0.3 is 0 Å². The first-order valence-electron chi connectivity index (χ1n) is 5.81. The summed E-state index contributed by atoms with van der Waals surface area (Å²) in [7, 11) is 0. The highest BCUT2D eigenvalue weighted by Gasteiger charge is 2.19. The maximum Gasteiger partial charge on any atom is 0.270 e. The molecule has 0 atom stereocenters. The van der Waals surface area contributed by atoms with E-state index in [0.717, 1.165) is 10.6 Å². The number of aromatic nitrogens is 4. The van der Waals surface area contributed by atoms with Crippen molar-refractivity contribution in [3.05, 3.63) is 39.6 Å². The number of anilines is 1. The number of carbonyl (C=O) groups excluding carboxylic acids is 1. The average Bonchev–Trinajstić information content (AvgIpc) is 3.06. The molecule has 1 N–H and O–H groups in total. The second kappa shape index (κ2) is 5.84. The quantitative estimate of drug-likeness (QED) is 0.793. The summed E-state index contributed by atoms with van der Waals surface area (Å²) in [5.41, 5.74) is 0.815. The number of hydrogen-bond acceptors (Lipinski definition) is 7. The van der Waals surface area contributed by atoms with Crippen LogP contribution in [0.25, 0.3) is 10.6 Å². The van der Waals surface area contributed by atoms with E-state index in [1.165, 1.54) is 22.7 Å². The molecule has 1 amide bonds. The predicted molar refractivity (Wildman–Crippen MR) is 83.0 cm³/mol. The van der Waals surface area contributed by atoms with Crippen LogP contribution in [0.3, 0.4) is 0 Å². The van der Waals surface area contributed by atoms with Crippen LogP contribution in [0.15, 0.2) is 24.5 Å². The zero-order valence-corrected chi connectivity index (χ0v) is 13.1. The van der Waals surface area contributed by atoms with Crippen LogP contribution in [0.5, 0.6) is 0 Å². The Morgan fingerprint density at radius 3 is 2.86 bits per heavy atom. The molecule has 0 aliphatic rings. The second-order valence-corrected chi connectivity index (χ2v) is 6.50. The van der Waals surface area contributed by atoms with Crippen molar-refractivity contribution >= 4 is 45.3 Å². The number of hydrogen-bond donors (Lipinski definition) is 1. The molecule has 0 bridgehead atoms. The number of thiazole rings is 1. The minimum atomic E-state index is -0.344. The fourth-order valence-electron chi connectivity index (χ4n) is 1.56. The first kappa shape index (κ1) is 14.1. The summed E-state index contributed by atoms with van der Waals surface area (Å²) in [4.78, 5) is 20.7. The summed E-state index contributed by atoms with van der Waals surface area (Å²) in [5, 5.41) is 12.4. The number of aryl methyl sites for hydroxylation is 1. The van der Waals surface area contributed by atoms with E-state index in [1.807, 2.05) is 13.0 Å². The lowest BCUT2D eigenvalue weighted by Crippen LogP contribution is -2.10. The number of nitrogens with zero attached hydrogens (tertiary/aromatic N) is 4. The standard InChI is InChI=1S/C12H8ClN5OS2/c1-6-17-18-12(20-6)16-10(19)8-9(13)15-11(21-8)7-3-2-4-14-5-7/h2-5H,1H3,(H,16,18,19). The van der Waals surface area contributed by atoms with E-state index in [-0.39, 0.29) is 11.1 Å². The molecule has 0 aliphatic heterocycles. The van der Waals surface area contributed by atoms with Gasteiger partial charge in [0.15, 0.2) is 5.15 Å². The Bertz CT molecular complexity index is 786. The summed E-state index contributed by atoms with van der Waals surface area (Å²) in [6.07, 6.45) is 3.34. The Balaban J connectivity index is 1.86. The van der Waals surface area contributed by atoms with Gasteiger partial charge in [0.25, 0.3) is 5.91 Å². The molecule has 6 nitrogen and oxygen atoms in total. The van der Waals surface area contributed by atoms with Gasteiger partial charge < -0.3 is 0 Å². The largest absolute Gasteiger partial charge is 0.296 e. The van der Waals surface area contributed by atoms with E-state index < -0.39 is 0 Å². The lowest BCUT2D eigenvalue weighted by Gasteiger charge is -1.97. The molecule has 106 valence electrons. The van der Waals surface area contributed by atoms with Gasteiger partial charge in [-0.15, -0.1) is 21.5 Å². The molecule has 0 radical (unpaired) electrons. The molecule has 0 aromatic carbocycles. The Morgan fingerprint density at radius 2 is 2.19 bits per heavy atom. The van der Waals surface area contributed by atoms with Crippen LogP contribution < -0.4 is 5.32 Å². The molecule has 3 rings (SSSR count). The van der Waals surface area contributed by atoms with Gasteiger partial charge in [0.2, 0.25) is 5.13 Å². The van der Waals surface area contributed by atoms with Gasteiger partial charge in [0, 0.05) is 18.0 Å². The third-order valence-corrected chi connectivity index (χ3v) is 4.69. The van der Waals surface area contributed by atoms with E-state index in [2.05, 4.69) is 25.5 Å². The number of pyridine rings is 1. The van der Waals surface area contributed by atoms with E-state index in [0.29, 0.717) is 15.0 Å². The minimum Gasteiger partial charge on any atom is -0.296 e. The Kier molecular flexibility index (Phi) is 3.91. The van der Waals surface area contributed by atoms with Gasteiger partial charge in [0.1, 0.15) is 14.9 Å². The topological polar surface area (TPSA) is 80.7 Å². The molecule has 3 heterocycles. The molecule has 0 spiro atoms. The molecule has 21 heavy (non-hydrogen) atoms. The Hall–Kier alpha value is -1.90. The zero-order chi connectivity index (χ0) is 14.8. The van der Waals surface area contributed by atoms with Gasteiger partial charge in [-0.3, -0.25) is 15.1 Å². The van der Waals surface area contributed by atoms with Crippen LogP contribution in [0.4, 0.5) is 5.13 Å². The second-order valence-electron chi connectivity index (χ2n) is 3.96. The molecule has 0 fully saturated rings. The summed E-state index contributed by atoms with van der Waals surface area (Å²) in [5.74, 6) is -0.344. The van der Waals surface area contributed by atoms with Crippen LogP contribution in [-0.2, 0) is 0 Å². The number of carbonyl (C=O) groups is 1. The SMILES string of the molecule is Cc1nnc(NC(=O)c2sc(-c3cccnc3)nc2Cl)s1. The van der Waals surface area contributed by atoms with Crippen LogP contribution in [0.2, 0.25) is 5.15 Å². The fourth-order valence-corrected chi connectivity index (χ4v) is 3.32. The van der Waals surface area contributed by atoms with Gasteiger partial charge in [-0.2, -0.15) is 0 Å². The molecular formula is C12H8ClN5OS2. The highest BCUT2D eigenvalue weighted by Crippen LogP contribution is 2.31. The number of halogens is 1. The Morgan fingerprint density at radius 1 is 1.33 bits per heavy atom. The number of rotatable bonds is 3. The highest BCUT2D eigenvalue weighted by molar-refractivity contribution is 7.18. The fraction of sp³-hybridized carbons (Fsp3) is 0.0833. The third-order valence-electron chi connectivity index (χ3n) is 2.45. The molecule has 3 aromatic heterocycles. The van der Waals surface area contributed by atoms with Crippen molar-refractivity contribution in [3.63, 3.8) is 0 Å². The van der Waals surface area contributed by atoms with Crippen LogP contribution >= 0.6 is 34.3 Å². The maximum absolute atomic E-state index is 12.2. The van der Waals surface area contributed by atoms with Gasteiger partial charge in [-0.05, 0) is 19.1 Å². The summed E-state index contributed by atoms with van der Waals surface area (Å²) < 4.78 is 0. The number of nitrogens with one attached hydrogen (secondary N) is 1. The first-order chi connectivity index (χ1) is 10.1. The summed E-state index contributed by atoms with van der Waals surface area (Å²) >= 11 is 8.55. The predicted octanol–water partition coefficient (Wildman–Crippen LogP) is 3.27. The van der Waals surface area contributed by atoms with Gasteiger partial charge in [-0.1, -0.05) is 22.9 Å². The highest BCUT2D eigenvalue weighted by atomic mass is 35.5. The molecular weight excluding hydrogens is 330 g/mol. The summed E-state index contributed by atoms with van der Waals surface area (Å²) in [6.45, 7) is 1.81. The zero-order valence-electron chi connectivity index (χ0n) is 10.7. The molecule has 0 saturated carbocycles. The van der Waals surface area contributed by atoms with Crippen molar-refractivity contribution < 1.29 is 4.79 Å². The molecule has 3 aromatic rings. The summed E-state index contributed by atoms with van der Waals surface area (Å²) in [6, 6.07) is 3.66. The average molecular weight is 338 g/mol. The van der Waals surface area contributed by atoms with Crippen molar-refractivity contribution in [3.8, 4) is 10.6 Å². The van der Waals surface area contributed by atoms with Crippen molar-refractivity contribution in [2.45, 2.75) is 6.92 Å². The van der Waals surface area contributed by atoms with Crippen LogP contribution in [0.1, 0.15) is 14.7 Å². The first-order valence-corrected chi connectivity index (χ1v) is 7.83.